The lowest BCUT2D eigenvalue weighted by atomic mass is 10.2. The van der Waals surface area contributed by atoms with Crippen molar-refractivity contribution in [2.75, 3.05) is 24.4 Å². The van der Waals surface area contributed by atoms with Crippen molar-refractivity contribution < 1.29 is 28.8 Å². The van der Waals surface area contributed by atoms with E-state index < -0.39 is 23.4 Å². The zero-order valence-electron chi connectivity index (χ0n) is 16.6. The second-order valence-corrected chi connectivity index (χ2v) is 6.64. The maximum absolute atomic E-state index is 12.0. The van der Waals surface area contributed by atoms with E-state index in [1.807, 2.05) is 0 Å². The van der Waals surface area contributed by atoms with Gasteiger partial charge < -0.3 is 20.1 Å². The third-order valence-corrected chi connectivity index (χ3v) is 4.30. The zero-order valence-corrected chi connectivity index (χ0v) is 17.3. The summed E-state index contributed by atoms with van der Waals surface area (Å²) in [4.78, 5) is 46.1. The van der Waals surface area contributed by atoms with Crippen molar-refractivity contribution >= 4 is 46.4 Å². The van der Waals surface area contributed by atoms with Gasteiger partial charge in [-0.2, -0.15) is 0 Å². The van der Waals surface area contributed by atoms with Gasteiger partial charge >= 0.3 is 5.97 Å². The van der Waals surface area contributed by atoms with Gasteiger partial charge in [0.25, 0.3) is 11.6 Å². The number of carbonyl (C=O) groups excluding carboxylic acids is 3. The number of para-hydroxylation sites is 1. The number of ether oxygens (including phenoxy) is 2. The predicted octanol–water partition coefficient (Wildman–Crippen LogP) is 3.55. The minimum Gasteiger partial charge on any atom is -0.497 e. The van der Waals surface area contributed by atoms with Crippen LogP contribution in [0.15, 0.2) is 42.5 Å². The molecule has 0 unspecified atom stereocenters. The Morgan fingerprint density at radius 3 is 2.42 bits per heavy atom. The lowest BCUT2D eigenvalue weighted by Gasteiger charge is -2.09. The largest absolute Gasteiger partial charge is 0.497 e. The number of benzene rings is 2. The highest BCUT2D eigenvalue weighted by atomic mass is 35.5. The van der Waals surface area contributed by atoms with Gasteiger partial charge in [0.15, 0.2) is 6.61 Å². The molecule has 0 fully saturated rings. The van der Waals surface area contributed by atoms with E-state index in [1.54, 1.807) is 24.3 Å². The SMILES string of the molecule is COc1ccc([N+](=O)[O-])c(NC(=O)COC(=O)CCCC(=O)Nc2ccccc2Cl)c1. The van der Waals surface area contributed by atoms with Crippen LogP contribution in [0.1, 0.15) is 19.3 Å². The quantitative estimate of drug-likeness (QED) is 0.321. The third-order valence-electron chi connectivity index (χ3n) is 3.97. The molecule has 2 aromatic carbocycles. The van der Waals surface area contributed by atoms with Crippen molar-refractivity contribution in [1.29, 1.82) is 0 Å². The molecule has 2 amide bonds. The maximum Gasteiger partial charge on any atom is 0.306 e. The van der Waals surface area contributed by atoms with Crippen LogP contribution in [0.2, 0.25) is 5.02 Å². The number of hydrogen-bond acceptors (Lipinski definition) is 7. The number of anilines is 2. The van der Waals surface area contributed by atoms with Crippen LogP contribution >= 0.6 is 11.6 Å². The molecule has 2 aromatic rings. The average Bonchev–Trinajstić information content (AvgIpc) is 2.73. The molecule has 0 aromatic heterocycles. The fraction of sp³-hybridized carbons (Fsp3) is 0.250. The Hall–Kier alpha value is -3.66. The number of halogens is 1. The molecule has 2 rings (SSSR count). The molecular formula is C20H20ClN3O7. The summed E-state index contributed by atoms with van der Waals surface area (Å²) < 4.78 is 9.82. The third kappa shape index (κ3) is 7.59. The molecule has 0 saturated carbocycles. The van der Waals surface area contributed by atoms with Gasteiger partial charge in [-0.05, 0) is 24.6 Å². The van der Waals surface area contributed by atoms with Crippen LogP contribution in [0.3, 0.4) is 0 Å². The molecule has 0 heterocycles. The number of rotatable bonds is 10. The molecule has 0 saturated heterocycles. The van der Waals surface area contributed by atoms with Crippen LogP contribution in [0.5, 0.6) is 5.75 Å². The molecule has 0 aliphatic rings. The Morgan fingerprint density at radius 2 is 1.74 bits per heavy atom. The van der Waals surface area contributed by atoms with Crippen LogP contribution < -0.4 is 15.4 Å². The summed E-state index contributed by atoms with van der Waals surface area (Å²) >= 11 is 5.95. The number of nitrogens with one attached hydrogen (secondary N) is 2. The van der Waals surface area contributed by atoms with Gasteiger partial charge in [0.05, 0.1) is 22.7 Å². The summed E-state index contributed by atoms with van der Waals surface area (Å²) in [6, 6.07) is 10.6. The van der Waals surface area contributed by atoms with Crippen molar-refractivity contribution in [3.05, 3.63) is 57.6 Å². The Balaban J connectivity index is 1.75. The molecule has 0 bridgehead atoms. The highest BCUT2D eigenvalue weighted by Crippen LogP contribution is 2.28. The maximum atomic E-state index is 12.0. The van der Waals surface area contributed by atoms with E-state index in [-0.39, 0.29) is 36.5 Å². The second kappa shape index (κ2) is 11.5. The first-order chi connectivity index (χ1) is 14.8. The summed E-state index contributed by atoms with van der Waals surface area (Å²) in [5.74, 6) is -1.43. The van der Waals surface area contributed by atoms with Crippen LogP contribution in [0, 0.1) is 10.1 Å². The van der Waals surface area contributed by atoms with Crippen molar-refractivity contribution in [3.8, 4) is 5.75 Å². The first-order valence-electron chi connectivity index (χ1n) is 9.12. The molecule has 0 radical (unpaired) electrons. The summed E-state index contributed by atoms with van der Waals surface area (Å²) in [5.41, 5.74) is 0.0618. The van der Waals surface area contributed by atoms with Crippen molar-refractivity contribution in [1.82, 2.24) is 0 Å². The molecule has 10 nitrogen and oxygen atoms in total. The molecule has 0 atom stereocenters. The zero-order chi connectivity index (χ0) is 22.8. The highest BCUT2D eigenvalue weighted by Gasteiger charge is 2.18. The van der Waals surface area contributed by atoms with E-state index in [1.165, 1.54) is 25.3 Å². The standard InChI is InChI=1S/C20H20ClN3O7/c1-30-13-9-10-17(24(28)29)16(11-13)23-19(26)12-31-20(27)8-4-7-18(25)22-15-6-3-2-5-14(15)21/h2-3,5-6,9-11H,4,7-8,12H2,1H3,(H,22,25)(H,23,26). The Kier molecular flexibility index (Phi) is 8.77. The lowest BCUT2D eigenvalue weighted by molar-refractivity contribution is -0.383. The summed E-state index contributed by atoms with van der Waals surface area (Å²) in [7, 11) is 1.38. The Bertz CT molecular complexity index is 981. The van der Waals surface area contributed by atoms with Gasteiger partial charge in [0.1, 0.15) is 11.4 Å². The topological polar surface area (TPSA) is 137 Å². The fourth-order valence-corrected chi connectivity index (χ4v) is 2.66. The minimum atomic E-state index is -0.749. The Labute approximate surface area is 182 Å². The number of esters is 1. The van der Waals surface area contributed by atoms with Crippen LogP contribution in [-0.4, -0.2) is 36.4 Å². The molecule has 0 aliphatic carbocycles. The van der Waals surface area contributed by atoms with Gasteiger partial charge in [0.2, 0.25) is 5.91 Å². The lowest BCUT2D eigenvalue weighted by Crippen LogP contribution is -2.21. The van der Waals surface area contributed by atoms with E-state index in [4.69, 9.17) is 21.1 Å². The molecule has 11 heteroatoms. The van der Waals surface area contributed by atoms with Crippen molar-refractivity contribution in [3.63, 3.8) is 0 Å². The normalized spacial score (nSPS) is 10.1. The van der Waals surface area contributed by atoms with E-state index in [2.05, 4.69) is 10.6 Å². The van der Waals surface area contributed by atoms with Crippen molar-refractivity contribution in [2.24, 2.45) is 0 Å². The summed E-state index contributed by atoms with van der Waals surface area (Å²) in [5, 5.41) is 16.4. The van der Waals surface area contributed by atoms with E-state index in [9.17, 15) is 24.5 Å². The highest BCUT2D eigenvalue weighted by molar-refractivity contribution is 6.33. The number of nitro groups is 1. The van der Waals surface area contributed by atoms with Crippen LogP contribution in [0.4, 0.5) is 17.1 Å². The number of nitro benzene ring substituents is 1. The van der Waals surface area contributed by atoms with Gasteiger partial charge in [-0.3, -0.25) is 24.5 Å². The molecular weight excluding hydrogens is 430 g/mol. The number of nitrogens with zero attached hydrogens (tertiary/aromatic N) is 1. The van der Waals surface area contributed by atoms with Gasteiger partial charge in [0, 0.05) is 25.0 Å². The van der Waals surface area contributed by atoms with E-state index >= 15 is 0 Å². The molecule has 31 heavy (non-hydrogen) atoms. The van der Waals surface area contributed by atoms with E-state index in [0.717, 1.165) is 0 Å². The number of amides is 2. The van der Waals surface area contributed by atoms with Crippen LogP contribution in [-0.2, 0) is 19.1 Å². The van der Waals surface area contributed by atoms with Crippen molar-refractivity contribution in [2.45, 2.75) is 19.3 Å². The first-order valence-corrected chi connectivity index (χ1v) is 9.50. The monoisotopic (exact) mass is 449 g/mol. The second-order valence-electron chi connectivity index (χ2n) is 6.23. The molecule has 2 N–H and O–H groups in total. The number of hydrogen-bond donors (Lipinski definition) is 2. The minimum absolute atomic E-state index is 0.0581. The predicted molar refractivity (Wildman–Crippen MR) is 113 cm³/mol. The van der Waals surface area contributed by atoms with Gasteiger partial charge in [-0.1, -0.05) is 23.7 Å². The van der Waals surface area contributed by atoms with Gasteiger partial charge in [-0.15, -0.1) is 0 Å². The first kappa shape index (κ1) is 23.6. The fourth-order valence-electron chi connectivity index (χ4n) is 2.47. The summed E-state index contributed by atoms with van der Waals surface area (Å²) in [6.45, 7) is -0.626. The summed E-state index contributed by atoms with van der Waals surface area (Å²) in [6.07, 6.45) is 0.184. The molecule has 0 spiro atoms. The number of methoxy groups -OCH3 is 1. The number of carbonyl (C=O) groups is 3. The average molecular weight is 450 g/mol. The Morgan fingerprint density at radius 1 is 1.03 bits per heavy atom. The molecule has 0 aliphatic heterocycles. The molecule has 164 valence electrons. The van der Waals surface area contributed by atoms with Crippen LogP contribution in [0.25, 0.3) is 0 Å². The van der Waals surface area contributed by atoms with Gasteiger partial charge in [-0.25, -0.2) is 0 Å². The van der Waals surface area contributed by atoms with E-state index in [0.29, 0.717) is 16.5 Å². The smallest absolute Gasteiger partial charge is 0.306 e.